The maximum atomic E-state index is 12.8. The molecule has 0 amide bonds. The van der Waals surface area contributed by atoms with Crippen molar-refractivity contribution < 1.29 is 14.3 Å². The lowest BCUT2D eigenvalue weighted by atomic mass is 10.1. The number of ether oxygens (including phenoxy) is 2. The van der Waals surface area contributed by atoms with E-state index in [1.54, 1.807) is 0 Å². The maximum Gasteiger partial charge on any atom is 0.200 e. The molecule has 33 heavy (non-hydrogen) atoms. The fraction of sp³-hybridized carbons (Fsp3) is 0.107. The number of carbonyl (C=O) groups excluding carboxylic acids is 1. The van der Waals surface area contributed by atoms with Crippen LogP contribution in [-0.4, -0.2) is 12.4 Å². The van der Waals surface area contributed by atoms with Crippen LogP contribution in [0.15, 0.2) is 88.7 Å². The molecular weight excluding hydrogens is 543 g/mol. The van der Waals surface area contributed by atoms with Crippen LogP contribution in [0.2, 0.25) is 0 Å². The summed E-state index contributed by atoms with van der Waals surface area (Å²) in [5.41, 5.74) is 2.82. The van der Waals surface area contributed by atoms with Gasteiger partial charge in [-0.3, -0.25) is 4.79 Å². The van der Waals surface area contributed by atoms with Gasteiger partial charge < -0.3 is 9.47 Å². The summed E-state index contributed by atoms with van der Waals surface area (Å²) in [5.74, 6) is 1.48. The average Bonchev–Trinajstić information content (AvgIpc) is 3.14. The van der Waals surface area contributed by atoms with Gasteiger partial charge in [-0.15, -0.1) is 0 Å². The molecule has 4 aromatic carbocycles. The zero-order valence-corrected chi connectivity index (χ0v) is 21.0. The molecule has 0 saturated heterocycles. The molecule has 164 valence electrons. The summed E-state index contributed by atoms with van der Waals surface area (Å²) in [6.45, 7) is 2.93. The second kappa shape index (κ2) is 9.61. The highest BCUT2D eigenvalue weighted by atomic mass is 127. The van der Waals surface area contributed by atoms with E-state index in [-0.39, 0.29) is 5.78 Å². The molecule has 5 rings (SSSR count). The predicted octanol–water partition coefficient (Wildman–Crippen LogP) is 7.75. The molecule has 0 atom stereocenters. The largest absolute Gasteiger partial charge is 0.490 e. The Bertz CT molecular complexity index is 1390. The third kappa shape index (κ3) is 4.52. The minimum atomic E-state index is 0.0693. The smallest absolute Gasteiger partial charge is 0.200 e. The third-order valence-corrected chi connectivity index (χ3v) is 7.36. The number of benzene rings is 4. The summed E-state index contributed by atoms with van der Waals surface area (Å²) in [6, 6.07) is 26.3. The van der Waals surface area contributed by atoms with E-state index in [9.17, 15) is 4.79 Å². The van der Waals surface area contributed by atoms with Crippen molar-refractivity contribution in [2.24, 2.45) is 0 Å². The Morgan fingerprint density at radius 2 is 1.73 bits per heavy atom. The standard InChI is InChI=1S/C28H21IO3S/c1-2-31-24-15-18(16-26-27(30)22-12-5-6-13-25(22)33-26)14-23(29)28(24)32-17-20-10-7-9-19-8-3-4-11-21(19)20/h3-16H,2,17H2,1H3/b26-16-. The molecule has 1 heterocycles. The van der Waals surface area contributed by atoms with Gasteiger partial charge in [-0.1, -0.05) is 66.4 Å². The van der Waals surface area contributed by atoms with Crippen molar-refractivity contribution in [3.63, 3.8) is 0 Å². The summed E-state index contributed by atoms with van der Waals surface area (Å²) in [4.78, 5) is 14.5. The fourth-order valence-corrected chi connectivity index (χ4v) is 5.76. The van der Waals surface area contributed by atoms with Crippen LogP contribution in [0.3, 0.4) is 0 Å². The number of carbonyl (C=O) groups is 1. The second-order valence-corrected chi connectivity index (χ2v) is 9.87. The molecule has 0 fully saturated rings. The molecule has 0 N–H and O–H groups in total. The Labute approximate surface area is 210 Å². The molecule has 1 aliphatic heterocycles. The minimum absolute atomic E-state index is 0.0693. The van der Waals surface area contributed by atoms with Gasteiger partial charge in [0, 0.05) is 10.5 Å². The molecule has 0 spiro atoms. The van der Waals surface area contributed by atoms with Gasteiger partial charge in [0.15, 0.2) is 11.5 Å². The molecule has 5 heteroatoms. The zero-order valence-electron chi connectivity index (χ0n) is 18.0. The van der Waals surface area contributed by atoms with E-state index in [1.165, 1.54) is 22.5 Å². The molecule has 4 aromatic rings. The van der Waals surface area contributed by atoms with Crippen molar-refractivity contribution in [2.45, 2.75) is 18.4 Å². The monoisotopic (exact) mass is 564 g/mol. The maximum absolute atomic E-state index is 12.8. The van der Waals surface area contributed by atoms with Crippen molar-refractivity contribution in [2.75, 3.05) is 6.61 Å². The molecule has 0 radical (unpaired) electrons. The Kier molecular flexibility index (Phi) is 6.42. The Hall–Kier alpha value is -2.77. The van der Waals surface area contributed by atoms with Crippen molar-refractivity contribution >= 4 is 57.0 Å². The molecule has 0 unspecified atom stereocenters. The second-order valence-electron chi connectivity index (χ2n) is 7.63. The van der Waals surface area contributed by atoms with E-state index in [0.717, 1.165) is 35.8 Å². The highest BCUT2D eigenvalue weighted by Gasteiger charge is 2.25. The van der Waals surface area contributed by atoms with Gasteiger partial charge in [0.2, 0.25) is 5.78 Å². The zero-order chi connectivity index (χ0) is 22.8. The van der Waals surface area contributed by atoms with Crippen LogP contribution in [0.4, 0.5) is 0 Å². The first kappa shape index (κ1) is 22.0. The number of allylic oxidation sites excluding steroid dienone is 1. The first-order valence-corrected chi connectivity index (χ1v) is 12.6. The molecule has 0 aliphatic carbocycles. The van der Waals surface area contributed by atoms with Crippen LogP contribution in [-0.2, 0) is 6.61 Å². The first-order valence-electron chi connectivity index (χ1n) is 10.7. The van der Waals surface area contributed by atoms with Crippen LogP contribution in [0.1, 0.15) is 28.4 Å². The van der Waals surface area contributed by atoms with E-state index in [2.05, 4.69) is 52.9 Å². The number of hydrogen-bond donors (Lipinski definition) is 0. The van der Waals surface area contributed by atoms with Gasteiger partial charge in [-0.05, 0) is 81.8 Å². The molecule has 0 bridgehead atoms. The fourth-order valence-electron chi connectivity index (χ4n) is 3.93. The normalized spacial score (nSPS) is 14.0. The third-order valence-electron chi connectivity index (χ3n) is 5.46. The van der Waals surface area contributed by atoms with Crippen molar-refractivity contribution in [1.29, 1.82) is 0 Å². The first-order chi connectivity index (χ1) is 16.1. The van der Waals surface area contributed by atoms with Gasteiger partial charge in [-0.25, -0.2) is 0 Å². The van der Waals surface area contributed by atoms with Gasteiger partial charge in [-0.2, -0.15) is 0 Å². The van der Waals surface area contributed by atoms with Crippen LogP contribution >= 0.6 is 34.4 Å². The number of Topliss-reactive ketones (excluding diaryl/α,β-unsaturated/α-hetero) is 1. The number of fused-ring (bicyclic) bond motifs is 2. The Morgan fingerprint density at radius 3 is 2.58 bits per heavy atom. The van der Waals surface area contributed by atoms with E-state index in [4.69, 9.17) is 9.47 Å². The summed E-state index contributed by atoms with van der Waals surface area (Å²) < 4.78 is 13.2. The van der Waals surface area contributed by atoms with Crippen LogP contribution in [0, 0.1) is 3.57 Å². The number of halogens is 1. The highest BCUT2D eigenvalue weighted by Crippen LogP contribution is 2.42. The number of thioether (sulfide) groups is 1. The lowest BCUT2D eigenvalue weighted by Crippen LogP contribution is -2.02. The molecule has 0 saturated carbocycles. The topological polar surface area (TPSA) is 35.5 Å². The van der Waals surface area contributed by atoms with Crippen LogP contribution in [0.5, 0.6) is 11.5 Å². The van der Waals surface area contributed by atoms with Gasteiger partial charge in [0.05, 0.1) is 15.1 Å². The van der Waals surface area contributed by atoms with E-state index >= 15 is 0 Å². The van der Waals surface area contributed by atoms with Crippen molar-refractivity contribution in [3.05, 3.63) is 104 Å². The molecule has 3 nitrogen and oxygen atoms in total. The van der Waals surface area contributed by atoms with Gasteiger partial charge in [0.25, 0.3) is 0 Å². The lowest BCUT2D eigenvalue weighted by Gasteiger charge is -2.16. The van der Waals surface area contributed by atoms with Crippen LogP contribution in [0.25, 0.3) is 16.8 Å². The minimum Gasteiger partial charge on any atom is -0.490 e. The quantitative estimate of drug-likeness (QED) is 0.177. The van der Waals surface area contributed by atoms with Gasteiger partial charge in [0.1, 0.15) is 6.61 Å². The predicted molar refractivity (Wildman–Crippen MR) is 143 cm³/mol. The summed E-state index contributed by atoms with van der Waals surface area (Å²) in [6.07, 6.45) is 1.94. The Morgan fingerprint density at radius 1 is 0.939 bits per heavy atom. The number of hydrogen-bond acceptors (Lipinski definition) is 4. The average molecular weight is 564 g/mol. The number of rotatable bonds is 6. The van der Waals surface area contributed by atoms with Gasteiger partial charge >= 0.3 is 0 Å². The van der Waals surface area contributed by atoms with E-state index < -0.39 is 0 Å². The molecule has 1 aliphatic rings. The Balaban J connectivity index is 1.44. The van der Waals surface area contributed by atoms with E-state index in [1.807, 2.05) is 61.5 Å². The summed E-state index contributed by atoms with van der Waals surface area (Å²) in [7, 11) is 0. The SMILES string of the molecule is CCOc1cc(/C=C2\Sc3ccccc3C2=O)cc(I)c1OCc1cccc2ccccc12. The van der Waals surface area contributed by atoms with Crippen molar-refractivity contribution in [3.8, 4) is 11.5 Å². The summed E-state index contributed by atoms with van der Waals surface area (Å²) >= 11 is 3.79. The van der Waals surface area contributed by atoms with E-state index in [0.29, 0.717) is 19.0 Å². The summed E-state index contributed by atoms with van der Waals surface area (Å²) in [5, 5.41) is 2.38. The number of ketones is 1. The van der Waals surface area contributed by atoms with Crippen LogP contribution < -0.4 is 9.47 Å². The highest BCUT2D eigenvalue weighted by molar-refractivity contribution is 14.1. The molecule has 0 aromatic heterocycles. The van der Waals surface area contributed by atoms with Crippen molar-refractivity contribution in [1.82, 2.24) is 0 Å². The lowest BCUT2D eigenvalue weighted by molar-refractivity contribution is 0.104. The molecular formula is C28H21IO3S.